The van der Waals surface area contributed by atoms with Crippen LogP contribution in [0.15, 0.2) is 22.7 Å². The third-order valence-corrected chi connectivity index (χ3v) is 4.11. The molecule has 0 spiro atoms. The molecule has 2 unspecified atom stereocenters. The zero-order chi connectivity index (χ0) is 14.3. The summed E-state index contributed by atoms with van der Waals surface area (Å²) in [7, 11) is 0. The minimum absolute atomic E-state index is 0.0125. The third kappa shape index (κ3) is 3.11. The summed E-state index contributed by atoms with van der Waals surface area (Å²) in [5, 5.41) is 10.4. The predicted molar refractivity (Wildman–Crippen MR) is 66.0 cm³/mol. The minimum Gasteiger partial charge on any atom is -0.385 e. The van der Waals surface area contributed by atoms with Crippen LogP contribution in [0, 0.1) is 11.7 Å². The van der Waals surface area contributed by atoms with Crippen LogP contribution in [-0.2, 0) is 5.60 Å². The lowest BCUT2D eigenvalue weighted by Crippen LogP contribution is -2.39. The molecular weight excluding hydrogens is 328 g/mol. The van der Waals surface area contributed by atoms with Gasteiger partial charge in [0.25, 0.3) is 0 Å². The Morgan fingerprint density at radius 3 is 2.63 bits per heavy atom. The number of rotatable bonds is 1. The van der Waals surface area contributed by atoms with Gasteiger partial charge in [-0.05, 0) is 43.9 Å². The van der Waals surface area contributed by atoms with Crippen molar-refractivity contribution < 1.29 is 22.7 Å². The van der Waals surface area contributed by atoms with E-state index in [0.717, 1.165) is 6.07 Å². The monoisotopic (exact) mass is 340 g/mol. The van der Waals surface area contributed by atoms with Gasteiger partial charge in [0.2, 0.25) is 0 Å². The van der Waals surface area contributed by atoms with E-state index in [4.69, 9.17) is 0 Å². The van der Waals surface area contributed by atoms with E-state index in [1.54, 1.807) is 0 Å². The lowest BCUT2D eigenvalue weighted by molar-refractivity contribution is -0.202. The van der Waals surface area contributed by atoms with Crippen LogP contribution in [0.2, 0.25) is 0 Å². The van der Waals surface area contributed by atoms with Gasteiger partial charge in [-0.25, -0.2) is 4.39 Å². The number of alkyl halides is 3. The summed E-state index contributed by atoms with van der Waals surface area (Å²) in [5.74, 6) is -2.25. The fraction of sp³-hybridized carbons (Fsp3) is 0.538. The van der Waals surface area contributed by atoms with E-state index in [0.29, 0.717) is 4.47 Å². The highest BCUT2D eigenvalue weighted by Gasteiger charge is 2.48. The predicted octanol–water partition coefficient (Wildman–Crippen LogP) is 4.53. The Morgan fingerprint density at radius 2 is 2.00 bits per heavy atom. The van der Waals surface area contributed by atoms with Crippen molar-refractivity contribution in [2.45, 2.75) is 37.5 Å². The Balaban J connectivity index is 2.34. The molecule has 0 bridgehead atoms. The maximum atomic E-state index is 13.8. The minimum atomic E-state index is -4.35. The lowest BCUT2D eigenvalue weighted by Gasteiger charge is -2.38. The van der Waals surface area contributed by atoms with Gasteiger partial charge >= 0.3 is 6.18 Å². The second kappa shape index (κ2) is 5.05. The van der Waals surface area contributed by atoms with Crippen LogP contribution < -0.4 is 0 Å². The van der Waals surface area contributed by atoms with Crippen molar-refractivity contribution >= 4 is 15.9 Å². The van der Waals surface area contributed by atoms with E-state index < -0.39 is 29.9 Å². The molecule has 1 aliphatic rings. The SMILES string of the molecule is OC1(c2cc(Br)ccc2F)CCCC(C(F)(F)F)C1. The molecule has 19 heavy (non-hydrogen) atoms. The van der Waals surface area contributed by atoms with Crippen LogP contribution in [0.4, 0.5) is 17.6 Å². The highest BCUT2D eigenvalue weighted by molar-refractivity contribution is 9.10. The zero-order valence-corrected chi connectivity index (χ0v) is 11.6. The molecule has 1 aromatic carbocycles. The van der Waals surface area contributed by atoms with E-state index in [1.807, 2.05) is 0 Å². The first-order chi connectivity index (χ1) is 8.72. The first-order valence-corrected chi connectivity index (χ1v) is 6.76. The van der Waals surface area contributed by atoms with Crippen LogP contribution in [0.5, 0.6) is 0 Å². The molecule has 106 valence electrons. The second-order valence-corrected chi connectivity index (χ2v) is 5.91. The van der Waals surface area contributed by atoms with Crippen molar-refractivity contribution in [3.05, 3.63) is 34.1 Å². The van der Waals surface area contributed by atoms with Crippen molar-refractivity contribution in [3.63, 3.8) is 0 Å². The summed E-state index contributed by atoms with van der Waals surface area (Å²) in [4.78, 5) is 0. The van der Waals surface area contributed by atoms with Gasteiger partial charge in [-0.2, -0.15) is 13.2 Å². The van der Waals surface area contributed by atoms with Gasteiger partial charge in [0.1, 0.15) is 5.82 Å². The molecule has 6 heteroatoms. The molecule has 1 saturated carbocycles. The molecule has 0 saturated heterocycles. The van der Waals surface area contributed by atoms with E-state index in [1.165, 1.54) is 12.1 Å². The topological polar surface area (TPSA) is 20.2 Å². The van der Waals surface area contributed by atoms with E-state index in [2.05, 4.69) is 15.9 Å². The highest BCUT2D eigenvalue weighted by Crippen LogP contribution is 2.46. The lowest BCUT2D eigenvalue weighted by atomic mass is 9.74. The van der Waals surface area contributed by atoms with Gasteiger partial charge < -0.3 is 5.11 Å². The number of benzene rings is 1. The maximum absolute atomic E-state index is 13.8. The fourth-order valence-electron chi connectivity index (χ4n) is 2.63. The van der Waals surface area contributed by atoms with Gasteiger partial charge in [-0.15, -0.1) is 0 Å². The quantitative estimate of drug-likeness (QED) is 0.745. The van der Waals surface area contributed by atoms with Crippen LogP contribution in [-0.4, -0.2) is 11.3 Å². The molecule has 0 heterocycles. The van der Waals surface area contributed by atoms with Crippen LogP contribution >= 0.6 is 15.9 Å². The Hall–Kier alpha value is -0.620. The number of aliphatic hydroxyl groups is 1. The molecule has 1 aromatic rings. The van der Waals surface area contributed by atoms with E-state index in [9.17, 15) is 22.7 Å². The number of hydrogen-bond acceptors (Lipinski definition) is 1. The summed E-state index contributed by atoms with van der Waals surface area (Å²) in [6.07, 6.45) is -4.47. The van der Waals surface area contributed by atoms with Crippen LogP contribution in [0.1, 0.15) is 31.2 Å². The number of hydrogen-bond donors (Lipinski definition) is 1. The molecule has 0 amide bonds. The number of halogens is 5. The van der Waals surface area contributed by atoms with Crippen molar-refractivity contribution in [1.82, 2.24) is 0 Å². The standard InChI is InChI=1S/C13H13BrF4O/c14-9-3-4-11(15)10(6-9)12(19)5-1-2-8(7-12)13(16,17)18/h3-4,6,8,19H,1-2,5,7H2. The van der Waals surface area contributed by atoms with Crippen LogP contribution in [0.25, 0.3) is 0 Å². The summed E-state index contributed by atoms with van der Waals surface area (Å²) in [6, 6.07) is 3.95. The van der Waals surface area contributed by atoms with Gasteiger partial charge in [-0.3, -0.25) is 0 Å². The van der Waals surface area contributed by atoms with Gasteiger partial charge in [0, 0.05) is 10.0 Å². The van der Waals surface area contributed by atoms with Crippen molar-refractivity contribution in [3.8, 4) is 0 Å². The summed E-state index contributed by atoms with van der Waals surface area (Å²) in [5.41, 5.74) is -1.80. The Morgan fingerprint density at radius 1 is 1.32 bits per heavy atom. The van der Waals surface area contributed by atoms with Crippen molar-refractivity contribution in [2.24, 2.45) is 5.92 Å². The summed E-state index contributed by atoms with van der Waals surface area (Å²) in [6.45, 7) is 0. The molecule has 0 radical (unpaired) electrons. The molecule has 0 aromatic heterocycles. The van der Waals surface area contributed by atoms with Crippen molar-refractivity contribution in [1.29, 1.82) is 0 Å². The molecule has 1 N–H and O–H groups in total. The molecule has 1 fully saturated rings. The van der Waals surface area contributed by atoms with E-state index in [-0.39, 0.29) is 24.8 Å². The van der Waals surface area contributed by atoms with Gasteiger partial charge in [0.15, 0.2) is 0 Å². The van der Waals surface area contributed by atoms with Gasteiger partial charge in [-0.1, -0.05) is 15.9 Å². The molecule has 2 rings (SSSR count). The zero-order valence-electron chi connectivity index (χ0n) is 9.97. The van der Waals surface area contributed by atoms with E-state index >= 15 is 0 Å². The van der Waals surface area contributed by atoms with Crippen LogP contribution in [0.3, 0.4) is 0 Å². The fourth-order valence-corrected chi connectivity index (χ4v) is 2.99. The Kier molecular flexibility index (Phi) is 3.93. The van der Waals surface area contributed by atoms with Crippen molar-refractivity contribution in [2.75, 3.05) is 0 Å². The Labute approximate surface area is 116 Å². The largest absolute Gasteiger partial charge is 0.391 e. The summed E-state index contributed by atoms with van der Waals surface area (Å²) >= 11 is 3.14. The second-order valence-electron chi connectivity index (χ2n) is 4.99. The average molecular weight is 341 g/mol. The molecule has 1 aliphatic carbocycles. The first kappa shape index (κ1) is 14.8. The highest BCUT2D eigenvalue weighted by atomic mass is 79.9. The first-order valence-electron chi connectivity index (χ1n) is 5.97. The normalized spacial score (nSPS) is 28.4. The Bertz CT molecular complexity index is 474. The smallest absolute Gasteiger partial charge is 0.385 e. The van der Waals surface area contributed by atoms with Gasteiger partial charge in [0.05, 0.1) is 11.5 Å². The third-order valence-electron chi connectivity index (χ3n) is 3.62. The molecule has 1 nitrogen and oxygen atoms in total. The molecule has 0 aliphatic heterocycles. The summed E-state index contributed by atoms with van der Waals surface area (Å²) < 4.78 is 52.6. The maximum Gasteiger partial charge on any atom is 0.391 e. The molecule has 2 atom stereocenters. The average Bonchev–Trinajstić information content (AvgIpc) is 2.31. The molecular formula is C13H13BrF4O.